The first kappa shape index (κ1) is 8.16. The minimum atomic E-state index is -2.57. The number of aryl methyl sites for hydroxylation is 1. The van der Waals surface area contributed by atoms with Crippen LogP contribution in [0.15, 0.2) is 24.4 Å². The second-order valence-corrected chi connectivity index (χ2v) is 2.93. The number of alkyl halides is 2. The third kappa shape index (κ3) is 1.28. The highest BCUT2D eigenvalue weighted by molar-refractivity contribution is 5.79. The van der Waals surface area contributed by atoms with Gasteiger partial charge in [0.25, 0.3) is 0 Å². The number of halogens is 2. The summed E-state index contributed by atoms with van der Waals surface area (Å²) in [7, 11) is 0. The molecule has 2 rings (SSSR count). The molecule has 1 heterocycles. The number of hydrogen-bond donors (Lipinski definition) is 0. The molecule has 0 bridgehead atoms. The van der Waals surface area contributed by atoms with E-state index < -0.39 is 6.55 Å². The summed E-state index contributed by atoms with van der Waals surface area (Å²) < 4.78 is 25.4. The molecule has 2 aromatic rings. The van der Waals surface area contributed by atoms with E-state index >= 15 is 0 Å². The van der Waals surface area contributed by atoms with E-state index in [1.54, 1.807) is 12.1 Å². The summed E-state index contributed by atoms with van der Waals surface area (Å²) in [5.74, 6) is 0. The summed E-state index contributed by atoms with van der Waals surface area (Å²) >= 11 is 0. The molecular formula is C9H8F2N2. The van der Waals surface area contributed by atoms with Gasteiger partial charge in [0.2, 0.25) is 0 Å². The Labute approximate surface area is 73.8 Å². The maximum absolute atomic E-state index is 12.3. The van der Waals surface area contributed by atoms with Crippen LogP contribution in [0.4, 0.5) is 8.78 Å². The number of benzene rings is 1. The van der Waals surface area contributed by atoms with Gasteiger partial charge in [-0.25, -0.2) is 4.68 Å². The monoisotopic (exact) mass is 182 g/mol. The van der Waals surface area contributed by atoms with Crippen molar-refractivity contribution in [2.75, 3.05) is 0 Å². The summed E-state index contributed by atoms with van der Waals surface area (Å²) in [4.78, 5) is 0. The van der Waals surface area contributed by atoms with E-state index in [9.17, 15) is 8.78 Å². The first-order chi connectivity index (χ1) is 6.18. The van der Waals surface area contributed by atoms with Crippen molar-refractivity contribution >= 4 is 10.9 Å². The normalized spacial score (nSPS) is 11.4. The van der Waals surface area contributed by atoms with Crippen LogP contribution in [-0.4, -0.2) is 9.78 Å². The Balaban J connectivity index is 2.69. The number of fused-ring (bicyclic) bond motifs is 1. The fourth-order valence-corrected chi connectivity index (χ4v) is 1.33. The van der Waals surface area contributed by atoms with Gasteiger partial charge in [0, 0.05) is 5.39 Å². The van der Waals surface area contributed by atoms with Crippen molar-refractivity contribution in [3.05, 3.63) is 30.0 Å². The molecule has 0 N–H and O–H groups in total. The van der Waals surface area contributed by atoms with Crippen molar-refractivity contribution in [1.29, 1.82) is 0 Å². The average molecular weight is 182 g/mol. The molecule has 1 aromatic carbocycles. The maximum atomic E-state index is 12.3. The molecule has 0 atom stereocenters. The van der Waals surface area contributed by atoms with Gasteiger partial charge in [0.1, 0.15) is 0 Å². The van der Waals surface area contributed by atoms with Gasteiger partial charge in [0.05, 0.1) is 11.7 Å². The molecule has 0 saturated carbocycles. The highest BCUT2D eigenvalue weighted by Crippen LogP contribution is 2.20. The van der Waals surface area contributed by atoms with Crippen LogP contribution in [0.25, 0.3) is 10.9 Å². The smallest absolute Gasteiger partial charge is 0.204 e. The lowest BCUT2D eigenvalue weighted by Gasteiger charge is -2.00. The zero-order valence-electron chi connectivity index (χ0n) is 7.04. The molecule has 0 spiro atoms. The summed E-state index contributed by atoms with van der Waals surface area (Å²) in [6, 6.07) is 5.29. The first-order valence-corrected chi connectivity index (χ1v) is 3.90. The van der Waals surface area contributed by atoms with E-state index in [1.165, 1.54) is 6.20 Å². The van der Waals surface area contributed by atoms with E-state index in [2.05, 4.69) is 5.10 Å². The lowest BCUT2D eigenvalue weighted by molar-refractivity contribution is 0.0615. The zero-order valence-corrected chi connectivity index (χ0v) is 7.04. The largest absolute Gasteiger partial charge is 0.333 e. The molecule has 2 nitrogen and oxygen atoms in total. The molecule has 4 heteroatoms. The Hall–Kier alpha value is -1.45. The highest BCUT2D eigenvalue weighted by atomic mass is 19.3. The van der Waals surface area contributed by atoms with E-state index in [0.717, 1.165) is 15.6 Å². The maximum Gasteiger partial charge on any atom is 0.333 e. The molecule has 0 saturated heterocycles. The van der Waals surface area contributed by atoms with E-state index in [1.807, 2.05) is 13.0 Å². The van der Waals surface area contributed by atoms with Crippen LogP contribution in [-0.2, 0) is 0 Å². The van der Waals surface area contributed by atoms with Crippen LogP contribution < -0.4 is 0 Å². The third-order valence-corrected chi connectivity index (χ3v) is 1.94. The average Bonchev–Trinajstić information content (AvgIpc) is 2.46. The first-order valence-electron chi connectivity index (χ1n) is 3.90. The van der Waals surface area contributed by atoms with Gasteiger partial charge in [-0.1, -0.05) is 11.6 Å². The topological polar surface area (TPSA) is 17.8 Å². The lowest BCUT2D eigenvalue weighted by Crippen LogP contribution is -1.98. The number of rotatable bonds is 1. The van der Waals surface area contributed by atoms with E-state index in [0.29, 0.717) is 5.52 Å². The predicted octanol–water partition coefficient (Wildman–Crippen LogP) is 2.74. The van der Waals surface area contributed by atoms with Crippen LogP contribution in [0, 0.1) is 6.92 Å². The van der Waals surface area contributed by atoms with Gasteiger partial charge in [-0.2, -0.15) is 13.9 Å². The van der Waals surface area contributed by atoms with Crippen molar-refractivity contribution < 1.29 is 8.78 Å². The van der Waals surface area contributed by atoms with Gasteiger partial charge in [-0.3, -0.25) is 0 Å². The van der Waals surface area contributed by atoms with Gasteiger partial charge in [-0.15, -0.1) is 0 Å². The Morgan fingerprint density at radius 2 is 2.15 bits per heavy atom. The van der Waals surface area contributed by atoms with Crippen LogP contribution in [0.3, 0.4) is 0 Å². The Kier molecular flexibility index (Phi) is 1.76. The van der Waals surface area contributed by atoms with Crippen molar-refractivity contribution in [1.82, 2.24) is 9.78 Å². The molecule has 0 radical (unpaired) electrons. The molecule has 0 aliphatic heterocycles. The van der Waals surface area contributed by atoms with Crippen molar-refractivity contribution in [3.63, 3.8) is 0 Å². The molecule has 0 aliphatic carbocycles. The molecule has 68 valence electrons. The number of hydrogen-bond acceptors (Lipinski definition) is 1. The third-order valence-electron chi connectivity index (χ3n) is 1.94. The van der Waals surface area contributed by atoms with Gasteiger partial charge in [-0.05, 0) is 19.1 Å². The lowest BCUT2D eigenvalue weighted by atomic mass is 10.2. The molecule has 0 fully saturated rings. The van der Waals surface area contributed by atoms with Crippen LogP contribution in [0.1, 0.15) is 12.1 Å². The summed E-state index contributed by atoms with van der Waals surface area (Å²) in [6.45, 7) is -0.653. The van der Waals surface area contributed by atoms with Crippen molar-refractivity contribution in [2.24, 2.45) is 0 Å². The highest BCUT2D eigenvalue weighted by Gasteiger charge is 2.10. The van der Waals surface area contributed by atoms with E-state index in [4.69, 9.17) is 0 Å². The minimum Gasteiger partial charge on any atom is -0.204 e. The van der Waals surface area contributed by atoms with Crippen molar-refractivity contribution in [2.45, 2.75) is 13.5 Å². The Bertz CT molecular complexity index is 434. The summed E-state index contributed by atoms with van der Waals surface area (Å²) in [5.41, 5.74) is 1.52. The Morgan fingerprint density at radius 3 is 2.85 bits per heavy atom. The number of nitrogens with zero attached hydrogens (tertiary/aromatic N) is 2. The molecule has 1 aromatic heterocycles. The van der Waals surface area contributed by atoms with Gasteiger partial charge in [0.15, 0.2) is 0 Å². The molecule has 0 unspecified atom stereocenters. The predicted molar refractivity (Wildman–Crippen MR) is 45.7 cm³/mol. The van der Waals surface area contributed by atoms with E-state index in [-0.39, 0.29) is 0 Å². The molecule has 13 heavy (non-hydrogen) atoms. The minimum absolute atomic E-state index is 0.473. The standard InChI is InChI=1S/C9H8F2N2/c1-6-2-3-8-7(4-6)5-12-13(8)9(10)11/h2-5,9H,1H3. The fourth-order valence-electron chi connectivity index (χ4n) is 1.33. The van der Waals surface area contributed by atoms with Crippen LogP contribution in [0.2, 0.25) is 0 Å². The Morgan fingerprint density at radius 1 is 1.38 bits per heavy atom. The second kappa shape index (κ2) is 2.80. The number of aromatic nitrogens is 2. The molecule has 0 aliphatic rings. The van der Waals surface area contributed by atoms with Gasteiger partial charge < -0.3 is 0 Å². The SMILES string of the molecule is Cc1ccc2c(cnn2C(F)F)c1. The molecule has 0 amide bonds. The second-order valence-electron chi connectivity index (χ2n) is 2.93. The fraction of sp³-hybridized carbons (Fsp3) is 0.222. The molecular weight excluding hydrogens is 174 g/mol. The van der Waals surface area contributed by atoms with Crippen molar-refractivity contribution in [3.8, 4) is 0 Å². The van der Waals surface area contributed by atoms with Crippen LogP contribution >= 0.6 is 0 Å². The quantitative estimate of drug-likeness (QED) is 0.663. The summed E-state index contributed by atoms with van der Waals surface area (Å²) in [6.07, 6.45) is 1.45. The van der Waals surface area contributed by atoms with Gasteiger partial charge >= 0.3 is 6.55 Å². The summed E-state index contributed by atoms with van der Waals surface area (Å²) in [5, 5.41) is 4.35. The van der Waals surface area contributed by atoms with Crippen LogP contribution in [0.5, 0.6) is 0 Å². The zero-order chi connectivity index (χ0) is 9.42.